The summed E-state index contributed by atoms with van der Waals surface area (Å²) in [4.78, 5) is 173. The summed E-state index contributed by atoms with van der Waals surface area (Å²) in [5, 5.41) is 40.6. The minimum atomic E-state index is -1.48. The van der Waals surface area contributed by atoms with Gasteiger partial charge < -0.3 is 87.9 Å². The number of carbonyl (C=O) groups is 13. The first-order chi connectivity index (χ1) is 42.6. The van der Waals surface area contributed by atoms with E-state index in [4.69, 9.17) is 18.9 Å². The van der Waals surface area contributed by atoms with Crippen LogP contribution in [0.1, 0.15) is 170 Å². The summed E-state index contributed by atoms with van der Waals surface area (Å²) < 4.78 is 21.0. The predicted octanol–water partition coefficient (Wildman–Crippen LogP) is 7.58. The second-order valence-corrected chi connectivity index (χ2v) is 26.5. The van der Waals surface area contributed by atoms with Gasteiger partial charge in [-0.3, -0.25) is 38.4 Å². The van der Waals surface area contributed by atoms with E-state index in [0.717, 1.165) is 12.1 Å². The lowest BCUT2D eigenvalue weighted by Crippen LogP contribution is -2.47. The molecule has 0 radical (unpaired) electrons. The van der Waals surface area contributed by atoms with Gasteiger partial charge in [0.2, 0.25) is 35.4 Å². The summed E-state index contributed by atoms with van der Waals surface area (Å²) in [5.41, 5.74) is -4.99. The Labute approximate surface area is 540 Å². The van der Waals surface area contributed by atoms with Crippen molar-refractivity contribution in [2.45, 2.75) is 197 Å². The van der Waals surface area contributed by atoms with E-state index in [1.807, 2.05) is 0 Å². The van der Waals surface area contributed by atoms with E-state index in [1.54, 1.807) is 111 Å². The van der Waals surface area contributed by atoms with Crippen molar-refractivity contribution < 1.29 is 86.4 Å². The second kappa shape index (κ2) is 32.3. The molecule has 13 N–H and O–H groups in total. The summed E-state index contributed by atoms with van der Waals surface area (Å²) >= 11 is 0. The fourth-order valence-corrected chi connectivity index (χ4v) is 7.86. The Bertz CT molecular complexity index is 2980. The van der Waals surface area contributed by atoms with E-state index in [2.05, 4.69) is 63.8 Å². The fourth-order valence-electron chi connectivity index (χ4n) is 7.86. The first-order valence-electron chi connectivity index (χ1n) is 29.7. The van der Waals surface area contributed by atoms with Gasteiger partial charge in [0.25, 0.3) is 11.8 Å². The molecule has 93 heavy (non-hydrogen) atoms. The molecule has 0 fully saturated rings. The van der Waals surface area contributed by atoms with E-state index in [9.17, 15) is 67.4 Å². The van der Waals surface area contributed by atoms with Crippen LogP contribution >= 0.6 is 0 Å². The molecule has 0 saturated heterocycles. The van der Waals surface area contributed by atoms with Gasteiger partial charge in [-0.05, 0) is 177 Å². The first-order valence-corrected chi connectivity index (χ1v) is 29.7. The lowest BCUT2D eigenvalue weighted by molar-refractivity contribution is -0.119. The van der Waals surface area contributed by atoms with Crippen molar-refractivity contribution in [3.8, 4) is 0 Å². The Morgan fingerprint density at radius 1 is 0.301 bits per heavy atom. The third-order valence-corrected chi connectivity index (χ3v) is 12.2. The van der Waals surface area contributed by atoms with Crippen LogP contribution in [0.25, 0.3) is 0 Å². The van der Waals surface area contributed by atoms with Crippen molar-refractivity contribution in [1.29, 1.82) is 0 Å². The number of nitrogens with one attached hydrogen (secondary N) is 12. The Balaban J connectivity index is 1.98. The molecular weight excluding hydrogens is 1210 g/mol. The van der Waals surface area contributed by atoms with E-state index in [1.165, 1.54) is 70.2 Å². The molecule has 0 aliphatic carbocycles. The molecule has 6 atom stereocenters. The molecule has 0 aliphatic heterocycles. The Morgan fingerprint density at radius 2 is 0.495 bits per heavy atom. The fraction of sp³-hybridized carbons (Fsp3) is 0.508. The topological polar surface area (TPSA) is 423 Å². The maximum Gasteiger partial charge on any atom is 0.408 e. The minimum absolute atomic E-state index is 0.0625. The van der Waals surface area contributed by atoms with Crippen LogP contribution in [0.3, 0.4) is 0 Å². The van der Waals surface area contributed by atoms with Crippen LogP contribution in [0.15, 0.2) is 54.6 Å². The number of amides is 12. The molecule has 3 aromatic carbocycles. The van der Waals surface area contributed by atoms with Crippen molar-refractivity contribution in [2.75, 3.05) is 31.9 Å². The third kappa shape index (κ3) is 27.5. The molecule has 510 valence electrons. The first kappa shape index (κ1) is 77.2. The monoisotopic (exact) mass is 1300 g/mol. The molecule has 12 amide bonds. The number of rotatable bonds is 23. The van der Waals surface area contributed by atoms with Crippen molar-refractivity contribution in [1.82, 2.24) is 31.9 Å². The standard InChI is InChI=1S/C63H90N12O18/c1-30(2)45(74-51(80)36-21-39(68-47(76)32(5)64-56(86)90-60(9,10)11)27-40(22-36)69-48(77)33(6)65-57(87)91-61(12,13)14)53(82)72-43-25-38(55(84)85)26-44(29-43)73-54(83)46(31(3)4)75-52(81)37-23-41(70-49(78)34(7)66-58(88)92-62(15,16)17)28-42(24-37)71-50(79)35(8)67-59(89)93-63(18,19)20/h21-35,45-46H,1-20H3,(H,64,86)(H,65,87)(H,66,88)(H,67,89)(H,68,76)(H,69,77)(H,70,78)(H,71,79)(H,72,82)(H,73,83)(H,74,80)(H,75,81)(H,84,85)/t32-,33-,34-,35-,45-,46-/m0/s1. The van der Waals surface area contributed by atoms with Crippen LogP contribution in [-0.2, 0) is 47.7 Å². The summed E-state index contributed by atoms with van der Waals surface area (Å²) in [7, 11) is 0. The van der Waals surface area contributed by atoms with Crippen molar-refractivity contribution in [3.63, 3.8) is 0 Å². The zero-order chi connectivity index (χ0) is 71.0. The van der Waals surface area contributed by atoms with Gasteiger partial charge in [-0.15, -0.1) is 0 Å². The molecule has 0 unspecified atom stereocenters. The van der Waals surface area contributed by atoms with Gasteiger partial charge in [-0.2, -0.15) is 0 Å². The van der Waals surface area contributed by atoms with Crippen LogP contribution in [0, 0.1) is 11.8 Å². The number of carboxylic acid groups (broad SMARTS) is 1. The molecule has 0 saturated carbocycles. The molecule has 0 bridgehead atoms. The number of alkyl carbamates (subject to hydrolysis) is 4. The average molecular weight is 1300 g/mol. The third-order valence-electron chi connectivity index (χ3n) is 12.2. The Kier molecular flexibility index (Phi) is 26.8. The van der Waals surface area contributed by atoms with Gasteiger partial charge in [-0.25, -0.2) is 24.0 Å². The van der Waals surface area contributed by atoms with Gasteiger partial charge in [0, 0.05) is 45.3 Å². The lowest BCUT2D eigenvalue weighted by Gasteiger charge is -2.24. The van der Waals surface area contributed by atoms with Crippen LogP contribution in [0.5, 0.6) is 0 Å². The van der Waals surface area contributed by atoms with Gasteiger partial charge in [0.15, 0.2) is 0 Å². The molecule has 0 spiro atoms. The Hall–Kier alpha value is -10.0. The highest BCUT2D eigenvalue weighted by molar-refractivity contribution is 6.08. The highest BCUT2D eigenvalue weighted by atomic mass is 16.6. The van der Waals surface area contributed by atoms with Crippen LogP contribution in [0.4, 0.5) is 53.3 Å². The van der Waals surface area contributed by atoms with E-state index in [-0.39, 0.29) is 45.3 Å². The SMILES string of the molecule is CC(C)[C@H](NC(=O)c1cc(NC(=O)[C@H](C)NC(=O)OC(C)(C)C)cc(NC(=O)[C@H](C)NC(=O)OC(C)(C)C)c1)C(=O)Nc1cc(NC(=O)[C@@H](NC(=O)c2cc(NC(=O)[C@H](C)NC(=O)OC(C)(C)C)cc(NC(=O)[C@H](C)NC(=O)OC(C)(C)C)c2)C(C)C)cc(C(=O)O)c1. The summed E-state index contributed by atoms with van der Waals surface area (Å²) in [6.07, 6.45) is -3.58. The van der Waals surface area contributed by atoms with E-state index >= 15 is 0 Å². The van der Waals surface area contributed by atoms with Gasteiger partial charge >= 0.3 is 30.3 Å². The molecule has 0 heterocycles. The number of hydrogen-bond donors (Lipinski definition) is 13. The van der Waals surface area contributed by atoms with Gasteiger partial charge in [0.1, 0.15) is 58.7 Å². The number of aromatic carboxylic acids is 1. The largest absolute Gasteiger partial charge is 0.478 e. The van der Waals surface area contributed by atoms with Gasteiger partial charge in [-0.1, -0.05) is 27.7 Å². The zero-order valence-electron chi connectivity index (χ0n) is 56.2. The number of ether oxygens (including phenoxy) is 4. The molecule has 0 aliphatic rings. The number of benzene rings is 3. The van der Waals surface area contributed by atoms with Crippen molar-refractivity contribution >= 4 is 112 Å². The Morgan fingerprint density at radius 3 is 0.677 bits per heavy atom. The minimum Gasteiger partial charge on any atom is -0.478 e. The number of hydrogen-bond acceptors (Lipinski definition) is 17. The average Bonchev–Trinajstić information content (AvgIpc) is 0.874. The van der Waals surface area contributed by atoms with E-state index < -0.39 is 154 Å². The van der Waals surface area contributed by atoms with Crippen LogP contribution in [0.2, 0.25) is 0 Å². The zero-order valence-corrected chi connectivity index (χ0v) is 56.2. The highest BCUT2D eigenvalue weighted by Gasteiger charge is 2.31. The molecule has 0 aromatic heterocycles. The lowest BCUT2D eigenvalue weighted by atomic mass is 10.0. The normalized spacial score (nSPS) is 13.5. The molecule has 30 heteroatoms. The quantitative estimate of drug-likeness (QED) is 0.0407. The summed E-state index contributed by atoms with van der Waals surface area (Å²) in [6, 6.07) is 3.34. The second-order valence-electron chi connectivity index (χ2n) is 26.5. The maximum absolute atomic E-state index is 14.2. The number of carbonyl (C=O) groups excluding carboxylic acids is 12. The van der Waals surface area contributed by atoms with Crippen LogP contribution < -0.4 is 63.8 Å². The summed E-state index contributed by atoms with van der Waals surface area (Å²) in [5.74, 6) is -9.48. The molecular formula is C63H90N12O18. The number of carboxylic acids is 1. The van der Waals surface area contributed by atoms with Crippen molar-refractivity contribution in [3.05, 3.63) is 71.3 Å². The van der Waals surface area contributed by atoms with Crippen LogP contribution in [-0.4, -0.2) is 141 Å². The number of anilines is 6. The molecule has 30 nitrogen and oxygen atoms in total. The predicted molar refractivity (Wildman–Crippen MR) is 346 cm³/mol. The molecule has 3 aromatic rings. The van der Waals surface area contributed by atoms with E-state index in [0.29, 0.717) is 0 Å². The smallest absolute Gasteiger partial charge is 0.408 e. The highest BCUT2D eigenvalue weighted by Crippen LogP contribution is 2.26. The van der Waals surface area contributed by atoms with Gasteiger partial charge in [0.05, 0.1) is 5.56 Å². The maximum atomic E-state index is 14.2. The summed E-state index contributed by atoms with van der Waals surface area (Å²) in [6.45, 7) is 31.4. The molecule has 3 rings (SSSR count). The van der Waals surface area contributed by atoms with Crippen molar-refractivity contribution in [2.24, 2.45) is 11.8 Å².